The molecule has 11 aromatic rings. The lowest BCUT2D eigenvalue weighted by atomic mass is 10.1. The van der Waals surface area contributed by atoms with Gasteiger partial charge in [-0.15, -0.1) is 0 Å². The maximum atomic E-state index is 7.43. The molecule has 2 fully saturated rings. The van der Waals surface area contributed by atoms with Gasteiger partial charge < -0.3 is 104 Å². The molecule has 0 radical (unpaired) electrons. The number of ether oxygens (including phenoxy) is 15. The van der Waals surface area contributed by atoms with Crippen LogP contribution in [0.5, 0.6) is 0 Å². The van der Waals surface area contributed by atoms with Crippen molar-refractivity contribution in [2.24, 2.45) is 5.73 Å². The molecule has 678 valence electrons. The predicted octanol–water partition coefficient (Wildman–Crippen LogP) is 19.5. The van der Waals surface area contributed by atoms with Crippen molar-refractivity contribution in [2.75, 3.05) is 67.0 Å². The molecular weight excluding hydrogens is 1660 g/mol. The van der Waals surface area contributed by atoms with Crippen molar-refractivity contribution in [1.29, 1.82) is 0 Å². The standard InChI is InChI=1S/C104H121NO21P2/c1-106-101-99(116-71-88-55-31-11-32-56-88)95(74-108-63-80-39-15-3-16-40-80)124-103(101)117-76-91(110-65-82-43-19-5-20-44-82)98(115-70-87-53-29-10-30-54-87)94(113-68-85-49-25-8-26-50-85)79-123-128(121-73-90-59-35-13-36-60-90)126-100-96(75-109-64-81-41-17-4-18-42-81)125-104(102(100)107-2)118-77-92(111-66-83-45-21-6-22-46-83)97(114-69-86-51-27-9-28-52-86)93(112-67-84-47-23-7-24-48-84)78-122-127(119-62-38-14-37-61-105)120-72-89-57-33-12-34-58-89/h3-13,15-36,39-60,91-104H,14,37-38,61-79,105H2,1-2H3. The predicted molar refractivity (Wildman–Crippen MR) is 490 cm³/mol. The molecule has 0 amide bonds. The first-order valence-corrected chi connectivity index (χ1v) is 46.2. The molecule has 2 aliphatic rings. The molecule has 16 unspecified atom stereocenters. The summed E-state index contributed by atoms with van der Waals surface area (Å²) in [6.45, 7) is 2.91. The maximum absolute atomic E-state index is 7.43. The fourth-order valence-electron chi connectivity index (χ4n) is 14.7. The van der Waals surface area contributed by atoms with Crippen LogP contribution in [0.4, 0.5) is 0 Å². The molecule has 0 spiro atoms. The molecular formula is C104H121NO21P2. The zero-order valence-electron chi connectivity index (χ0n) is 72.9. The summed E-state index contributed by atoms with van der Waals surface area (Å²) in [5.41, 5.74) is 16.2. The first-order valence-electron chi connectivity index (χ1n) is 44.0. The van der Waals surface area contributed by atoms with E-state index in [0.717, 1.165) is 80.5 Å². The lowest BCUT2D eigenvalue weighted by molar-refractivity contribution is -0.219. The second kappa shape index (κ2) is 56.2. The third-order valence-corrected chi connectivity index (χ3v) is 23.8. The molecule has 2 aliphatic heterocycles. The van der Waals surface area contributed by atoms with Crippen LogP contribution in [0.25, 0.3) is 0 Å². The van der Waals surface area contributed by atoms with Gasteiger partial charge in [0.25, 0.3) is 0 Å². The highest BCUT2D eigenvalue weighted by atomic mass is 31.2. The van der Waals surface area contributed by atoms with Crippen LogP contribution in [0.2, 0.25) is 0 Å². The molecule has 16 atom stereocenters. The summed E-state index contributed by atoms with van der Waals surface area (Å²) >= 11 is 0. The van der Waals surface area contributed by atoms with Crippen LogP contribution < -0.4 is 5.73 Å². The summed E-state index contributed by atoms with van der Waals surface area (Å²) in [7, 11) is -1.15. The van der Waals surface area contributed by atoms with Gasteiger partial charge in [-0.2, -0.15) is 0 Å². The van der Waals surface area contributed by atoms with Crippen molar-refractivity contribution >= 4 is 17.2 Å². The summed E-state index contributed by atoms with van der Waals surface area (Å²) in [6.07, 6.45) is -9.84. The number of hydrogen-bond donors (Lipinski definition) is 1. The smallest absolute Gasteiger partial charge is 0.333 e. The monoisotopic (exact) mass is 1780 g/mol. The molecule has 11 aromatic carbocycles. The zero-order valence-corrected chi connectivity index (χ0v) is 74.7. The minimum absolute atomic E-state index is 0.0175. The van der Waals surface area contributed by atoms with Gasteiger partial charge in [0, 0.05) is 14.2 Å². The van der Waals surface area contributed by atoms with E-state index in [1.807, 2.05) is 334 Å². The van der Waals surface area contributed by atoms with Gasteiger partial charge in [0.15, 0.2) is 12.6 Å². The van der Waals surface area contributed by atoms with Crippen LogP contribution in [-0.2, 0) is 171 Å². The van der Waals surface area contributed by atoms with E-state index in [9.17, 15) is 0 Å². The molecule has 22 nitrogen and oxygen atoms in total. The lowest BCUT2D eigenvalue weighted by Crippen LogP contribution is -2.48. The van der Waals surface area contributed by atoms with E-state index in [0.29, 0.717) is 19.8 Å². The van der Waals surface area contributed by atoms with E-state index in [1.54, 1.807) is 14.2 Å². The van der Waals surface area contributed by atoms with Crippen LogP contribution in [0.3, 0.4) is 0 Å². The molecule has 2 N–H and O–H groups in total. The largest absolute Gasteiger partial charge is 0.374 e. The Kier molecular flexibility index (Phi) is 42.6. The second-order valence-electron chi connectivity index (χ2n) is 31.1. The summed E-state index contributed by atoms with van der Waals surface area (Å²) in [5, 5.41) is 0. The Balaban J connectivity index is 0.827. The highest BCUT2D eigenvalue weighted by Gasteiger charge is 2.51. The van der Waals surface area contributed by atoms with Crippen molar-refractivity contribution in [2.45, 2.75) is 178 Å². The summed E-state index contributed by atoms with van der Waals surface area (Å²) in [6, 6.07) is 110. The summed E-state index contributed by atoms with van der Waals surface area (Å²) in [5.74, 6) is 0. The molecule has 2 heterocycles. The van der Waals surface area contributed by atoms with Gasteiger partial charge >= 0.3 is 17.2 Å². The van der Waals surface area contributed by atoms with Gasteiger partial charge in [-0.05, 0) is 87.0 Å². The topological polar surface area (TPSA) is 220 Å². The van der Waals surface area contributed by atoms with Crippen molar-refractivity contribution in [3.8, 4) is 0 Å². The molecule has 13 rings (SSSR count). The van der Waals surface area contributed by atoms with Crippen LogP contribution >= 0.6 is 17.2 Å². The number of hydrogen-bond acceptors (Lipinski definition) is 22. The number of rotatable bonds is 61. The van der Waals surface area contributed by atoms with Crippen LogP contribution in [0, 0.1) is 0 Å². The fourth-order valence-corrected chi connectivity index (χ4v) is 16.9. The maximum Gasteiger partial charge on any atom is 0.333 e. The Bertz CT molecular complexity index is 4670. The first-order chi connectivity index (χ1) is 63.4. The molecule has 2 saturated heterocycles. The number of methoxy groups -OCH3 is 2. The Morgan fingerprint density at radius 3 is 0.883 bits per heavy atom. The highest BCUT2D eigenvalue weighted by Crippen LogP contribution is 2.47. The van der Waals surface area contributed by atoms with Crippen molar-refractivity contribution in [1.82, 2.24) is 0 Å². The first kappa shape index (κ1) is 96.9. The van der Waals surface area contributed by atoms with Crippen molar-refractivity contribution in [3.05, 3.63) is 395 Å². The normalized spacial score (nSPS) is 19.4. The van der Waals surface area contributed by atoms with Gasteiger partial charge in [-0.3, -0.25) is 0 Å². The van der Waals surface area contributed by atoms with Crippen molar-refractivity contribution < 1.29 is 98.2 Å². The number of unbranched alkanes of at least 4 members (excludes halogenated alkanes) is 2. The number of nitrogens with two attached hydrogens (primary N) is 1. The number of benzene rings is 11. The van der Waals surface area contributed by atoms with E-state index in [2.05, 4.69) is 0 Å². The van der Waals surface area contributed by atoms with E-state index in [1.165, 1.54) is 0 Å². The average Bonchev–Trinajstić information content (AvgIpc) is 1.66. The molecule has 0 aromatic heterocycles. The average molecular weight is 1780 g/mol. The Hall–Kier alpha value is -8.60. The minimum atomic E-state index is -2.44. The van der Waals surface area contributed by atoms with Crippen LogP contribution in [0.1, 0.15) is 80.5 Å². The van der Waals surface area contributed by atoms with E-state index >= 15 is 0 Å². The van der Waals surface area contributed by atoms with E-state index in [4.69, 9.17) is 104 Å². The highest BCUT2D eigenvalue weighted by molar-refractivity contribution is 7.41. The fraction of sp³-hybridized carbons (Fsp3) is 0.365. The van der Waals surface area contributed by atoms with Gasteiger partial charge in [-0.25, -0.2) is 0 Å². The van der Waals surface area contributed by atoms with E-state index < -0.39 is 103 Å². The molecule has 128 heavy (non-hydrogen) atoms. The third kappa shape index (κ3) is 33.0. The minimum Gasteiger partial charge on any atom is -0.374 e. The second-order valence-corrected chi connectivity index (χ2v) is 33.5. The van der Waals surface area contributed by atoms with Crippen LogP contribution in [0.15, 0.2) is 334 Å². The summed E-state index contributed by atoms with van der Waals surface area (Å²) < 4.78 is 146. The Morgan fingerprint density at radius 2 is 0.547 bits per heavy atom. The molecule has 0 bridgehead atoms. The lowest BCUT2D eigenvalue weighted by Gasteiger charge is -2.35. The molecule has 0 aliphatic carbocycles. The zero-order chi connectivity index (χ0) is 87.9. The van der Waals surface area contributed by atoms with E-state index in [-0.39, 0.29) is 106 Å². The third-order valence-electron chi connectivity index (χ3n) is 21.6. The van der Waals surface area contributed by atoms with Crippen molar-refractivity contribution in [3.63, 3.8) is 0 Å². The Labute approximate surface area is 756 Å². The molecule has 0 saturated carbocycles. The Morgan fingerprint density at radius 1 is 0.266 bits per heavy atom. The van der Waals surface area contributed by atoms with Gasteiger partial charge in [-0.1, -0.05) is 334 Å². The van der Waals surface area contributed by atoms with Gasteiger partial charge in [0.2, 0.25) is 0 Å². The van der Waals surface area contributed by atoms with Crippen LogP contribution in [-0.4, -0.2) is 153 Å². The van der Waals surface area contributed by atoms with Gasteiger partial charge in [0.05, 0.1) is 119 Å². The quantitative estimate of drug-likeness (QED) is 0.0277. The molecule has 24 heteroatoms. The SMILES string of the molecule is COC1C(OCC(OCc2ccccc2)C(OCc2ccccc2)C(COP(OCc2ccccc2)OC2C(COCc3ccccc3)OC(OCC(OCc3ccccc3)C(OCc3ccccc3)C(COP(OCCCCCN)OCc3ccccc3)OCc3ccccc3)C2OC)OCc2ccccc2)OC(COCc2ccccc2)C1OCc1ccccc1. The van der Waals surface area contributed by atoms with Gasteiger partial charge in [0.1, 0.15) is 73.2 Å². The summed E-state index contributed by atoms with van der Waals surface area (Å²) in [4.78, 5) is 0.